The van der Waals surface area contributed by atoms with Crippen molar-refractivity contribution in [2.45, 2.75) is 13.3 Å². The van der Waals surface area contributed by atoms with Crippen molar-refractivity contribution in [1.29, 1.82) is 0 Å². The highest BCUT2D eigenvalue weighted by Crippen LogP contribution is 2.21. The van der Waals surface area contributed by atoms with Gasteiger partial charge in [-0.05, 0) is 36.8 Å². The Bertz CT molecular complexity index is 821. The van der Waals surface area contributed by atoms with Crippen molar-refractivity contribution in [3.8, 4) is 5.75 Å². The van der Waals surface area contributed by atoms with Crippen LogP contribution in [0.2, 0.25) is 0 Å². The molecular formula is C18H18N2O2. The van der Waals surface area contributed by atoms with E-state index >= 15 is 0 Å². The van der Waals surface area contributed by atoms with Crippen LogP contribution in [-0.4, -0.2) is 18.0 Å². The zero-order valence-corrected chi connectivity index (χ0v) is 12.6. The fourth-order valence-corrected chi connectivity index (χ4v) is 2.52. The van der Waals surface area contributed by atoms with Crippen molar-refractivity contribution >= 4 is 22.5 Å². The van der Waals surface area contributed by atoms with Gasteiger partial charge in [-0.2, -0.15) is 0 Å². The van der Waals surface area contributed by atoms with Gasteiger partial charge in [-0.15, -0.1) is 0 Å². The van der Waals surface area contributed by atoms with Gasteiger partial charge in [0.05, 0.1) is 13.5 Å². The highest BCUT2D eigenvalue weighted by Gasteiger charge is 2.09. The highest BCUT2D eigenvalue weighted by atomic mass is 16.5. The lowest BCUT2D eigenvalue weighted by Gasteiger charge is -2.07. The quantitative estimate of drug-likeness (QED) is 0.771. The lowest BCUT2D eigenvalue weighted by Crippen LogP contribution is -2.14. The maximum absolute atomic E-state index is 12.2. The van der Waals surface area contributed by atoms with Crippen molar-refractivity contribution in [2.75, 3.05) is 12.4 Å². The topological polar surface area (TPSA) is 54.1 Å². The van der Waals surface area contributed by atoms with Crippen molar-refractivity contribution in [2.24, 2.45) is 0 Å². The number of fused-ring (bicyclic) bond motifs is 1. The maximum Gasteiger partial charge on any atom is 0.228 e. The number of carbonyl (C=O) groups is 1. The molecule has 0 radical (unpaired) electrons. The third-order valence-corrected chi connectivity index (χ3v) is 3.63. The highest BCUT2D eigenvalue weighted by molar-refractivity contribution is 5.96. The van der Waals surface area contributed by atoms with Gasteiger partial charge in [0.1, 0.15) is 5.75 Å². The van der Waals surface area contributed by atoms with E-state index in [4.69, 9.17) is 4.74 Å². The lowest BCUT2D eigenvalue weighted by atomic mass is 10.1. The minimum absolute atomic E-state index is 0.0457. The molecule has 0 saturated heterocycles. The van der Waals surface area contributed by atoms with Crippen molar-refractivity contribution in [1.82, 2.24) is 4.98 Å². The van der Waals surface area contributed by atoms with Gasteiger partial charge >= 0.3 is 0 Å². The number of H-pyrrole nitrogens is 1. The van der Waals surface area contributed by atoms with E-state index in [1.807, 2.05) is 37.4 Å². The first-order valence-corrected chi connectivity index (χ1v) is 7.16. The minimum atomic E-state index is -0.0457. The van der Waals surface area contributed by atoms with Crippen LogP contribution >= 0.6 is 0 Å². The second-order valence-corrected chi connectivity index (χ2v) is 5.32. The summed E-state index contributed by atoms with van der Waals surface area (Å²) in [4.78, 5) is 15.4. The van der Waals surface area contributed by atoms with Gasteiger partial charge in [-0.1, -0.05) is 17.7 Å². The predicted molar refractivity (Wildman–Crippen MR) is 88.4 cm³/mol. The Labute approximate surface area is 129 Å². The number of ether oxygens (including phenoxy) is 1. The van der Waals surface area contributed by atoms with Crippen LogP contribution in [0.3, 0.4) is 0 Å². The number of anilines is 1. The van der Waals surface area contributed by atoms with E-state index in [0.29, 0.717) is 6.42 Å². The molecule has 0 saturated carbocycles. The number of carbonyl (C=O) groups excluding carboxylic acids is 1. The summed E-state index contributed by atoms with van der Waals surface area (Å²) in [6.45, 7) is 2.05. The van der Waals surface area contributed by atoms with Gasteiger partial charge in [0.15, 0.2) is 0 Å². The normalized spacial score (nSPS) is 10.6. The molecule has 1 amide bonds. The number of hydrogen-bond acceptors (Lipinski definition) is 2. The first-order valence-electron chi connectivity index (χ1n) is 7.16. The number of hydrogen-bond donors (Lipinski definition) is 2. The van der Waals surface area contributed by atoms with Gasteiger partial charge in [0.2, 0.25) is 5.91 Å². The van der Waals surface area contributed by atoms with Crippen LogP contribution in [0, 0.1) is 6.92 Å². The molecule has 2 aromatic carbocycles. The van der Waals surface area contributed by atoms with Crippen LogP contribution in [0.25, 0.3) is 10.9 Å². The summed E-state index contributed by atoms with van der Waals surface area (Å²) in [5.41, 5.74) is 3.97. The van der Waals surface area contributed by atoms with Crippen LogP contribution in [0.1, 0.15) is 11.1 Å². The van der Waals surface area contributed by atoms with E-state index in [-0.39, 0.29) is 5.91 Å². The molecule has 0 fully saturated rings. The number of aryl methyl sites for hydroxylation is 1. The van der Waals surface area contributed by atoms with Gasteiger partial charge in [0.25, 0.3) is 0 Å². The molecule has 0 atom stereocenters. The van der Waals surface area contributed by atoms with Crippen LogP contribution in [0.4, 0.5) is 5.69 Å². The Morgan fingerprint density at radius 1 is 1.23 bits per heavy atom. The number of nitrogens with one attached hydrogen (secondary N) is 2. The molecule has 0 bridgehead atoms. The van der Waals surface area contributed by atoms with Crippen molar-refractivity contribution in [3.63, 3.8) is 0 Å². The summed E-state index contributed by atoms with van der Waals surface area (Å²) >= 11 is 0. The zero-order chi connectivity index (χ0) is 15.5. The summed E-state index contributed by atoms with van der Waals surface area (Å²) in [7, 11) is 1.61. The molecular weight excluding hydrogens is 276 g/mol. The van der Waals surface area contributed by atoms with E-state index in [1.54, 1.807) is 13.2 Å². The van der Waals surface area contributed by atoms with Crippen molar-refractivity contribution < 1.29 is 9.53 Å². The SMILES string of the molecule is COc1cccc(NC(=O)Cc2c[nH]c3ccc(C)cc23)c1. The van der Waals surface area contributed by atoms with E-state index in [9.17, 15) is 4.79 Å². The third-order valence-electron chi connectivity index (χ3n) is 3.63. The second-order valence-electron chi connectivity index (χ2n) is 5.32. The summed E-state index contributed by atoms with van der Waals surface area (Å²) < 4.78 is 5.16. The van der Waals surface area contributed by atoms with Crippen molar-refractivity contribution in [3.05, 3.63) is 59.8 Å². The van der Waals surface area contributed by atoms with Crippen LogP contribution in [0.15, 0.2) is 48.7 Å². The van der Waals surface area contributed by atoms with Crippen LogP contribution in [-0.2, 0) is 11.2 Å². The standard InChI is InChI=1S/C18H18N2O2/c1-12-6-7-17-16(8-12)13(11-19-17)9-18(21)20-14-4-3-5-15(10-14)22-2/h3-8,10-11,19H,9H2,1-2H3,(H,20,21). The number of benzene rings is 2. The zero-order valence-electron chi connectivity index (χ0n) is 12.6. The molecule has 4 nitrogen and oxygen atoms in total. The Morgan fingerprint density at radius 2 is 2.09 bits per heavy atom. The number of rotatable bonds is 4. The first-order chi connectivity index (χ1) is 10.7. The van der Waals surface area contributed by atoms with E-state index in [0.717, 1.165) is 27.9 Å². The van der Waals surface area contributed by atoms with Gasteiger partial charge in [0, 0.05) is 28.9 Å². The molecule has 3 aromatic rings. The largest absolute Gasteiger partial charge is 0.497 e. The van der Waals surface area contributed by atoms with E-state index < -0.39 is 0 Å². The summed E-state index contributed by atoms with van der Waals surface area (Å²) in [6.07, 6.45) is 2.23. The second kappa shape index (κ2) is 5.93. The molecule has 3 rings (SSSR count). The molecule has 1 aromatic heterocycles. The fraction of sp³-hybridized carbons (Fsp3) is 0.167. The fourth-order valence-electron chi connectivity index (χ4n) is 2.52. The molecule has 0 unspecified atom stereocenters. The molecule has 4 heteroatoms. The maximum atomic E-state index is 12.2. The van der Waals surface area contributed by atoms with Gasteiger partial charge in [-0.25, -0.2) is 0 Å². The van der Waals surface area contributed by atoms with Crippen LogP contribution in [0.5, 0.6) is 5.75 Å². The average Bonchev–Trinajstić information content (AvgIpc) is 2.89. The number of methoxy groups -OCH3 is 1. The predicted octanol–water partition coefficient (Wildman–Crippen LogP) is 3.67. The number of aromatic nitrogens is 1. The number of amides is 1. The molecule has 0 aliphatic carbocycles. The molecule has 22 heavy (non-hydrogen) atoms. The minimum Gasteiger partial charge on any atom is -0.497 e. The molecule has 0 aliphatic rings. The number of aromatic amines is 1. The Morgan fingerprint density at radius 3 is 2.91 bits per heavy atom. The average molecular weight is 294 g/mol. The Balaban J connectivity index is 1.76. The first kappa shape index (κ1) is 14.2. The molecule has 2 N–H and O–H groups in total. The smallest absolute Gasteiger partial charge is 0.228 e. The Kier molecular flexibility index (Phi) is 3.83. The monoisotopic (exact) mass is 294 g/mol. The van der Waals surface area contributed by atoms with Gasteiger partial charge in [-0.3, -0.25) is 4.79 Å². The summed E-state index contributed by atoms with van der Waals surface area (Å²) in [6, 6.07) is 13.5. The molecule has 0 spiro atoms. The lowest BCUT2D eigenvalue weighted by molar-refractivity contribution is -0.115. The molecule has 1 heterocycles. The third kappa shape index (κ3) is 2.96. The summed E-state index contributed by atoms with van der Waals surface area (Å²) in [5.74, 6) is 0.677. The van der Waals surface area contributed by atoms with E-state index in [1.165, 1.54) is 5.56 Å². The molecule has 112 valence electrons. The molecule has 0 aliphatic heterocycles. The van der Waals surface area contributed by atoms with Gasteiger partial charge < -0.3 is 15.0 Å². The summed E-state index contributed by atoms with van der Waals surface area (Å²) in [5, 5.41) is 4.00. The Hall–Kier alpha value is -2.75. The van der Waals surface area contributed by atoms with E-state index in [2.05, 4.69) is 22.4 Å². The van der Waals surface area contributed by atoms with Crippen LogP contribution < -0.4 is 10.1 Å².